The van der Waals surface area contributed by atoms with Gasteiger partial charge in [-0.05, 0) is 49.9 Å². The van der Waals surface area contributed by atoms with E-state index in [0.717, 1.165) is 37.7 Å². The van der Waals surface area contributed by atoms with E-state index in [1.807, 2.05) is 17.0 Å². The standard InChI is InChI=1S/C22H28ClN5O/c1-2-17-7-5-6-12-28(17)21-11-10-20(24-25-21)26-13-15-27(16-14-26)22(29)18-8-3-4-9-19(18)23/h3-4,8-11,17H,2,5-7,12-16H2,1H3. The lowest BCUT2D eigenvalue weighted by atomic mass is 10.0. The minimum absolute atomic E-state index is 0.00705. The summed E-state index contributed by atoms with van der Waals surface area (Å²) in [6, 6.07) is 12.0. The summed E-state index contributed by atoms with van der Waals surface area (Å²) in [6.45, 7) is 6.09. The molecule has 2 saturated heterocycles. The summed E-state index contributed by atoms with van der Waals surface area (Å²) in [5.41, 5.74) is 0.568. The average molecular weight is 414 g/mol. The fourth-order valence-electron chi connectivity index (χ4n) is 4.31. The molecule has 7 heteroatoms. The quantitative estimate of drug-likeness (QED) is 0.761. The Hall–Kier alpha value is -2.34. The number of piperidine rings is 1. The molecule has 4 rings (SSSR count). The summed E-state index contributed by atoms with van der Waals surface area (Å²) in [6.07, 6.45) is 4.91. The van der Waals surface area contributed by atoms with Gasteiger partial charge in [0.15, 0.2) is 11.6 Å². The van der Waals surface area contributed by atoms with Crippen molar-refractivity contribution in [1.82, 2.24) is 15.1 Å². The van der Waals surface area contributed by atoms with E-state index >= 15 is 0 Å². The van der Waals surface area contributed by atoms with Crippen LogP contribution in [0.5, 0.6) is 0 Å². The van der Waals surface area contributed by atoms with Crippen LogP contribution in [0.25, 0.3) is 0 Å². The molecule has 29 heavy (non-hydrogen) atoms. The van der Waals surface area contributed by atoms with Gasteiger partial charge < -0.3 is 14.7 Å². The van der Waals surface area contributed by atoms with Gasteiger partial charge >= 0.3 is 0 Å². The first-order chi connectivity index (χ1) is 14.2. The van der Waals surface area contributed by atoms with Crippen molar-refractivity contribution in [3.05, 3.63) is 47.0 Å². The maximum atomic E-state index is 12.7. The van der Waals surface area contributed by atoms with Gasteiger partial charge in [-0.15, -0.1) is 10.2 Å². The van der Waals surface area contributed by atoms with Crippen molar-refractivity contribution in [2.45, 2.75) is 38.6 Å². The van der Waals surface area contributed by atoms with Crippen LogP contribution in [0.1, 0.15) is 43.0 Å². The Balaban J connectivity index is 1.37. The lowest BCUT2D eigenvalue weighted by Crippen LogP contribution is -2.49. The van der Waals surface area contributed by atoms with E-state index in [1.165, 1.54) is 19.3 Å². The van der Waals surface area contributed by atoms with Crippen LogP contribution in [0.4, 0.5) is 11.6 Å². The Kier molecular flexibility index (Phi) is 6.19. The summed E-state index contributed by atoms with van der Waals surface area (Å²) < 4.78 is 0. The first kappa shape index (κ1) is 20.0. The molecule has 2 aliphatic rings. The SMILES string of the molecule is CCC1CCCCN1c1ccc(N2CCN(C(=O)c3ccccc3Cl)CC2)nn1. The largest absolute Gasteiger partial charge is 0.352 e. The Labute approximate surface area is 177 Å². The van der Waals surface area contributed by atoms with E-state index < -0.39 is 0 Å². The molecule has 2 aliphatic heterocycles. The number of hydrogen-bond donors (Lipinski definition) is 0. The molecule has 1 unspecified atom stereocenters. The monoisotopic (exact) mass is 413 g/mol. The normalized spacial score (nSPS) is 20.1. The van der Waals surface area contributed by atoms with E-state index in [2.05, 4.69) is 39.1 Å². The van der Waals surface area contributed by atoms with Crippen LogP contribution in [0.2, 0.25) is 5.02 Å². The summed E-state index contributed by atoms with van der Waals surface area (Å²) in [5, 5.41) is 9.53. The Bertz CT molecular complexity index is 835. The van der Waals surface area contributed by atoms with Crippen molar-refractivity contribution in [3.63, 3.8) is 0 Å². The number of carbonyl (C=O) groups excluding carboxylic acids is 1. The third kappa shape index (κ3) is 4.32. The molecule has 154 valence electrons. The van der Waals surface area contributed by atoms with Gasteiger partial charge in [0.2, 0.25) is 0 Å². The Morgan fingerprint density at radius 2 is 1.72 bits per heavy atom. The maximum Gasteiger partial charge on any atom is 0.255 e. The molecule has 0 spiro atoms. The maximum absolute atomic E-state index is 12.7. The van der Waals surface area contributed by atoms with Crippen molar-refractivity contribution >= 4 is 29.1 Å². The predicted octanol–water partition coefficient (Wildman–Crippen LogP) is 3.86. The average Bonchev–Trinajstić information content (AvgIpc) is 2.79. The number of hydrogen-bond acceptors (Lipinski definition) is 5. The van der Waals surface area contributed by atoms with Gasteiger partial charge in [0.05, 0.1) is 10.6 Å². The van der Waals surface area contributed by atoms with Crippen LogP contribution >= 0.6 is 11.6 Å². The molecule has 2 fully saturated rings. The van der Waals surface area contributed by atoms with Crippen molar-refractivity contribution in [3.8, 4) is 0 Å². The highest BCUT2D eigenvalue weighted by atomic mass is 35.5. The highest BCUT2D eigenvalue weighted by Gasteiger charge is 2.25. The van der Waals surface area contributed by atoms with Gasteiger partial charge in [0, 0.05) is 38.8 Å². The molecule has 0 saturated carbocycles. The van der Waals surface area contributed by atoms with E-state index in [4.69, 9.17) is 11.6 Å². The summed E-state index contributed by atoms with van der Waals surface area (Å²) in [7, 11) is 0. The van der Waals surface area contributed by atoms with Gasteiger partial charge in [-0.1, -0.05) is 30.7 Å². The van der Waals surface area contributed by atoms with Crippen molar-refractivity contribution in [2.75, 3.05) is 42.5 Å². The number of rotatable bonds is 4. The summed E-state index contributed by atoms with van der Waals surface area (Å²) in [5.74, 6) is 1.85. The number of nitrogens with zero attached hydrogens (tertiary/aromatic N) is 5. The fraction of sp³-hybridized carbons (Fsp3) is 0.500. The summed E-state index contributed by atoms with van der Waals surface area (Å²) in [4.78, 5) is 19.2. The van der Waals surface area contributed by atoms with Crippen molar-refractivity contribution < 1.29 is 4.79 Å². The topological polar surface area (TPSA) is 52.6 Å². The highest BCUT2D eigenvalue weighted by molar-refractivity contribution is 6.33. The third-order valence-electron chi connectivity index (χ3n) is 6.02. The molecule has 0 radical (unpaired) electrons. The molecule has 3 heterocycles. The molecule has 1 aromatic carbocycles. The third-order valence-corrected chi connectivity index (χ3v) is 6.35. The lowest BCUT2D eigenvalue weighted by molar-refractivity contribution is 0.0746. The number of anilines is 2. The van der Waals surface area contributed by atoms with Crippen LogP contribution in [-0.2, 0) is 0 Å². The van der Waals surface area contributed by atoms with Crippen LogP contribution in [-0.4, -0.2) is 59.8 Å². The molecule has 0 bridgehead atoms. The second-order valence-electron chi connectivity index (χ2n) is 7.76. The van der Waals surface area contributed by atoms with E-state index in [1.54, 1.807) is 12.1 Å². The van der Waals surface area contributed by atoms with Crippen LogP contribution in [0.15, 0.2) is 36.4 Å². The highest BCUT2D eigenvalue weighted by Crippen LogP contribution is 2.26. The van der Waals surface area contributed by atoms with Crippen molar-refractivity contribution in [1.29, 1.82) is 0 Å². The molecule has 1 amide bonds. The zero-order valence-electron chi connectivity index (χ0n) is 16.9. The van der Waals surface area contributed by atoms with Gasteiger partial charge in [-0.3, -0.25) is 4.79 Å². The Morgan fingerprint density at radius 3 is 2.41 bits per heavy atom. The molecule has 2 aromatic rings. The lowest BCUT2D eigenvalue weighted by Gasteiger charge is -2.37. The molecule has 6 nitrogen and oxygen atoms in total. The number of benzene rings is 1. The zero-order chi connectivity index (χ0) is 20.2. The number of aromatic nitrogens is 2. The second kappa shape index (κ2) is 8.99. The van der Waals surface area contributed by atoms with Crippen LogP contribution in [0.3, 0.4) is 0 Å². The van der Waals surface area contributed by atoms with E-state index in [9.17, 15) is 4.79 Å². The molecular formula is C22H28ClN5O. The zero-order valence-corrected chi connectivity index (χ0v) is 17.7. The van der Waals surface area contributed by atoms with Crippen LogP contribution in [0, 0.1) is 0 Å². The van der Waals surface area contributed by atoms with Gasteiger partial charge in [0.25, 0.3) is 5.91 Å². The first-order valence-corrected chi connectivity index (χ1v) is 10.9. The molecule has 0 N–H and O–H groups in total. The summed E-state index contributed by atoms with van der Waals surface area (Å²) >= 11 is 6.18. The fourth-order valence-corrected chi connectivity index (χ4v) is 4.53. The van der Waals surface area contributed by atoms with Crippen molar-refractivity contribution in [2.24, 2.45) is 0 Å². The predicted molar refractivity (Wildman–Crippen MR) is 117 cm³/mol. The number of amides is 1. The van der Waals surface area contributed by atoms with Gasteiger partial charge in [-0.25, -0.2) is 0 Å². The smallest absolute Gasteiger partial charge is 0.255 e. The van der Waals surface area contributed by atoms with Gasteiger partial charge in [-0.2, -0.15) is 0 Å². The first-order valence-electron chi connectivity index (χ1n) is 10.6. The Morgan fingerprint density at radius 1 is 1.00 bits per heavy atom. The van der Waals surface area contributed by atoms with E-state index in [0.29, 0.717) is 29.7 Å². The molecule has 0 aliphatic carbocycles. The number of carbonyl (C=O) groups is 1. The molecular weight excluding hydrogens is 386 g/mol. The molecule has 1 atom stereocenters. The second-order valence-corrected chi connectivity index (χ2v) is 8.17. The molecule has 1 aromatic heterocycles. The van der Waals surface area contributed by atoms with Gasteiger partial charge in [0.1, 0.15) is 0 Å². The minimum Gasteiger partial charge on any atom is -0.352 e. The number of halogens is 1. The van der Waals surface area contributed by atoms with Crippen LogP contribution < -0.4 is 9.80 Å². The van der Waals surface area contributed by atoms with E-state index in [-0.39, 0.29) is 5.91 Å². The minimum atomic E-state index is -0.00705. The number of piperazine rings is 1.